The van der Waals surface area contributed by atoms with Crippen LogP contribution in [0.3, 0.4) is 0 Å². The van der Waals surface area contributed by atoms with Gasteiger partial charge in [-0.25, -0.2) is 0 Å². The summed E-state index contributed by atoms with van der Waals surface area (Å²) in [7, 11) is 0. The predicted octanol–water partition coefficient (Wildman–Crippen LogP) is 4.82. The van der Waals surface area contributed by atoms with Gasteiger partial charge in [-0.1, -0.05) is 60.7 Å². The first kappa shape index (κ1) is 15.4. The van der Waals surface area contributed by atoms with Crippen LogP contribution in [-0.2, 0) is 6.42 Å². The number of thiophene rings is 1. The molecule has 1 unspecified atom stereocenters. The van der Waals surface area contributed by atoms with E-state index < -0.39 is 0 Å². The normalized spacial score (nSPS) is 19.8. The summed E-state index contributed by atoms with van der Waals surface area (Å²) < 4.78 is 6.00. The highest BCUT2D eigenvalue weighted by molar-refractivity contribution is 7.10. The zero-order chi connectivity index (χ0) is 16.4. The van der Waals surface area contributed by atoms with Crippen LogP contribution in [0.1, 0.15) is 29.0 Å². The van der Waals surface area contributed by atoms with Crippen molar-refractivity contribution in [3.05, 3.63) is 88.1 Å². The Balaban J connectivity index is 1.65. The molecule has 0 amide bonds. The van der Waals surface area contributed by atoms with E-state index >= 15 is 0 Å². The van der Waals surface area contributed by atoms with Gasteiger partial charge < -0.3 is 4.74 Å². The van der Waals surface area contributed by atoms with Gasteiger partial charge in [-0.15, -0.1) is 11.3 Å². The van der Waals surface area contributed by atoms with Crippen molar-refractivity contribution in [3.63, 3.8) is 0 Å². The van der Waals surface area contributed by atoms with Crippen molar-refractivity contribution in [2.45, 2.75) is 24.9 Å². The standard InChI is InChI=1S/C21H21NOS/c1-21(14-19-18(23-15-21)12-13-24-19)22-20(16-8-4-2-5-9-16)17-10-6-3-7-11-17/h2-13,20,22H,14-15H2,1H3. The first-order valence-corrected chi connectivity index (χ1v) is 9.18. The van der Waals surface area contributed by atoms with Gasteiger partial charge in [-0.2, -0.15) is 0 Å². The van der Waals surface area contributed by atoms with Crippen LogP contribution in [0.15, 0.2) is 72.1 Å². The first-order valence-electron chi connectivity index (χ1n) is 8.30. The van der Waals surface area contributed by atoms with Crippen LogP contribution < -0.4 is 10.1 Å². The number of fused-ring (bicyclic) bond motifs is 1. The minimum absolute atomic E-state index is 0.0891. The molecule has 1 atom stereocenters. The number of nitrogens with one attached hydrogen (secondary N) is 1. The topological polar surface area (TPSA) is 21.3 Å². The second-order valence-electron chi connectivity index (χ2n) is 6.63. The van der Waals surface area contributed by atoms with Crippen molar-refractivity contribution in [2.75, 3.05) is 6.61 Å². The average molecular weight is 335 g/mol. The smallest absolute Gasteiger partial charge is 0.133 e. The summed E-state index contributed by atoms with van der Waals surface area (Å²) in [5.74, 6) is 1.05. The first-order chi connectivity index (χ1) is 11.7. The molecule has 2 heterocycles. The molecule has 3 heteroatoms. The summed E-state index contributed by atoms with van der Waals surface area (Å²) in [4.78, 5) is 1.33. The van der Waals surface area contributed by atoms with Crippen LogP contribution in [0.4, 0.5) is 0 Å². The van der Waals surface area contributed by atoms with E-state index in [0.717, 1.165) is 12.2 Å². The van der Waals surface area contributed by atoms with Gasteiger partial charge in [-0.3, -0.25) is 5.32 Å². The maximum atomic E-state index is 6.00. The van der Waals surface area contributed by atoms with Crippen LogP contribution in [0.5, 0.6) is 5.75 Å². The summed E-state index contributed by atoms with van der Waals surface area (Å²) >= 11 is 1.78. The van der Waals surface area contributed by atoms with E-state index in [9.17, 15) is 0 Å². The minimum atomic E-state index is -0.0891. The van der Waals surface area contributed by atoms with Crippen LogP contribution in [0, 0.1) is 0 Å². The van der Waals surface area contributed by atoms with Crippen LogP contribution in [-0.4, -0.2) is 12.1 Å². The predicted molar refractivity (Wildman–Crippen MR) is 99.8 cm³/mol. The van der Waals surface area contributed by atoms with E-state index in [1.54, 1.807) is 11.3 Å². The van der Waals surface area contributed by atoms with Crippen LogP contribution >= 0.6 is 11.3 Å². The maximum Gasteiger partial charge on any atom is 0.133 e. The fourth-order valence-corrected chi connectivity index (χ4v) is 4.32. The molecule has 1 aliphatic rings. The SMILES string of the molecule is CC1(NC(c2ccccc2)c2ccccc2)COc2ccsc2C1. The Kier molecular flexibility index (Phi) is 4.13. The zero-order valence-electron chi connectivity index (χ0n) is 13.7. The van der Waals surface area contributed by atoms with Crippen molar-refractivity contribution in [1.29, 1.82) is 0 Å². The van der Waals surface area contributed by atoms with Gasteiger partial charge in [0.2, 0.25) is 0 Å². The number of rotatable bonds is 4. The van der Waals surface area contributed by atoms with E-state index in [4.69, 9.17) is 4.74 Å². The minimum Gasteiger partial charge on any atom is -0.491 e. The van der Waals surface area contributed by atoms with Gasteiger partial charge in [-0.05, 0) is 29.5 Å². The second-order valence-corrected chi connectivity index (χ2v) is 7.63. The molecule has 122 valence electrons. The van der Waals surface area contributed by atoms with Gasteiger partial charge in [0, 0.05) is 11.3 Å². The van der Waals surface area contributed by atoms with Crippen LogP contribution in [0.25, 0.3) is 0 Å². The molecule has 0 aliphatic carbocycles. The lowest BCUT2D eigenvalue weighted by molar-refractivity contribution is 0.164. The third-order valence-corrected chi connectivity index (χ3v) is 5.46. The number of benzene rings is 2. The molecular weight excluding hydrogens is 314 g/mol. The Morgan fingerprint density at radius 1 is 0.958 bits per heavy atom. The second kappa shape index (κ2) is 6.42. The quantitative estimate of drug-likeness (QED) is 0.738. The number of hydrogen-bond donors (Lipinski definition) is 1. The Morgan fingerprint density at radius 3 is 2.21 bits per heavy atom. The lowest BCUT2D eigenvalue weighted by Crippen LogP contribution is -2.52. The molecular formula is C21H21NOS. The van der Waals surface area contributed by atoms with Gasteiger partial charge >= 0.3 is 0 Å². The zero-order valence-corrected chi connectivity index (χ0v) is 14.6. The summed E-state index contributed by atoms with van der Waals surface area (Å²) in [5, 5.41) is 5.99. The molecule has 0 radical (unpaired) electrons. The third kappa shape index (κ3) is 3.10. The highest BCUT2D eigenvalue weighted by atomic mass is 32.1. The molecule has 24 heavy (non-hydrogen) atoms. The summed E-state index contributed by atoms with van der Waals surface area (Å²) in [5.41, 5.74) is 2.47. The van der Waals surface area contributed by atoms with E-state index in [1.165, 1.54) is 16.0 Å². The summed E-state index contributed by atoms with van der Waals surface area (Å²) in [6, 6.07) is 23.5. The molecule has 1 aliphatic heterocycles. The molecule has 0 fully saturated rings. The van der Waals surface area contributed by atoms with Crippen molar-refractivity contribution in [3.8, 4) is 5.75 Å². The Labute approximate surface area is 147 Å². The van der Waals surface area contributed by atoms with E-state index in [1.807, 2.05) is 0 Å². The maximum absolute atomic E-state index is 6.00. The van der Waals surface area contributed by atoms with Gasteiger partial charge in [0.05, 0.1) is 11.6 Å². The van der Waals surface area contributed by atoms with Gasteiger partial charge in [0.25, 0.3) is 0 Å². The molecule has 2 nitrogen and oxygen atoms in total. The molecule has 0 saturated carbocycles. The molecule has 0 saturated heterocycles. The molecule has 1 N–H and O–H groups in total. The molecule has 2 aromatic carbocycles. The van der Waals surface area contributed by atoms with Crippen molar-refractivity contribution >= 4 is 11.3 Å². The summed E-state index contributed by atoms with van der Waals surface area (Å²) in [6.07, 6.45) is 0.996. The molecule has 4 rings (SSSR count). The number of ether oxygens (including phenoxy) is 1. The van der Waals surface area contributed by atoms with E-state index in [2.05, 4.69) is 84.4 Å². The van der Waals surface area contributed by atoms with Crippen molar-refractivity contribution in [1.82, 2.24) is 5.32 Å². The third-order valence-electron chi connectivity index (χ3n) is 4.56. The van der Waals surface area contributed by atoms with Gasteiger partial charge in [0.1, 0.15) is 12.4 Å². The highest BCUT2D eigenvalue weighted by Gasteiger charge is 2.34. The lowest BCUT2D eigenvalue weighted by Gasteiger charge is -2.38. The molecule has 0 bridgehead atoms. The Morgan fingerprint density at radius 2 is 1.58 bits per heavy atom. The highest BCUT2D eigenvalue weighted by Crippen LogP contribution is 2.35. The average Bonchev–Trinajstić information content (AvgIpc) is 3.08. The summed E-state index contributed by atoms with van der Waals surface area (Å²) in [6.45, 7) is 2.95. The van der Waals surface area contributed by atoms with Gasteiger partial charge in [0.15, 0.2) is 0 Å². The van der Waals surface area contributed by atoms with Crippen molar-refractivity contribution < 1.29 is 4.74 Å². The monoisotopic (exact) mass is 335 g/mol. The fourth-order valence-electron chi connectivity index (χ4n) is 3.32. The lowest BCUT2D eigenvalue weighted by atomic mass is 9.90. The van der Waals surface area contributed by atoms with E-state index in [-0.39, 0.29) is 11.6 Å². The van der Waals surface area contributed by atoms with Crippen molar-refractivity contribution in [2.24, 2.45) is 0 Å². The van der Waals surface area contributed by atoms with E-state index in [0.29, 0.717) is 6.61 Å². The molecule has 1 aromatic heterocycles. The molecule has 3 aromatic rings. The molecule has 0 spiro atoms. The Hall–Kier alpha value is -2.10. The fraction of sp³-hybridized carbons (Fsp3) is 0.238. The van der Waals surface area contributed by atoms with Crippen LogP contribution in [0.2, 0.25) is 0 Å². The Bertz CT molecular complexity index is 759. The largest absolute Gasteiger partial charge is 0.491 e. The number of hydrogen-bond acceptors (Lipinski definition) is 3.